The minimum absolute atomic E-state index is 0.00555. The lowest BCUT2D eigenvalue weighted by Gasteiger charge is -2.30. The molecule has 1 N–H and O–H groups in total. The molecular formula is C24H23N3O2. The van der Waals surface area contributed by atoms with Crippen LogP contribution in [0.15, 0.2) is 72.9 Å². The van der Waals surface area contributed by atoms with Crippen molar-refractivity contribution < 1.29 is 9.59 Å². The number of aromatic nitrogens is 1. The van der Waals surface area contributed by atoms with Crippen LogP contribution in [0.5, 0.6) is 0 Å². The van der Waals surface area contributed by atoms with Crippen molar-refractivity contribution in [1.29, 1.82) is 0 Å². The number of anilines is 1. The highest BCUT2D eigenvalue weighted by Crippen LogP contribution is 2.21. The van der Waals surface area contributed by atoms with Crippen LogP contribution in [0.4, 0.5) is 5.69 Å². The van der Waals surface area contributed by atoms with E-state index >= 15 is 0 Å². The number of nitrogens with one attached hydrogen (secondary N) is 1. The average molecular weight is 385 g/mol. The molecule has 1 aliphatic rings. The SMILES string of the molecule is O=C(Nc1cnc2ccccc2c1)C1CCN(C(=O)/C=C/c2ccccc2)CC1. The topological polar surface area (TPSA) is 62.3 Å². The van der Waals surface area contributed by atoms with Gasteiger partial charge in [0.25, 0.3) is 0 Å². The molecule has 1 fully saturated rings. The van der Waals surface area contributed by atoms with Gasteiger partial charge in [-0.15, -0.1) is 0 Å². The molecule has 1 aliphatic heterocycles. The van der Waals surface area contributed by atoms with Crippen molar-refractivity contribution in [3.05, 3.63) is 78.5 Å². The summed E-state index contributed by atoms with van der Waals surface area (Å²) in [7, 11) is 0. The van der Waals surface area contributed by atoms with Gasteiger partial charge < -0.3 is 10.2 Å². The molecule has 1 aromatic heterocycles. The van der Waals surface area contributed by atoms with Crippen LogP contribution in [0.2, 0.25) is 0 Å². The summed E-state index contributed by atoms with van der Waals surface area (Å²) in [6.45, 7) is 1.18. The number of rotatable bonds is 4. The molecule has 0 bridgehead atoms. The van der Waals surface area contributed by atoms with Crippen molar-refractivity contribution >= 4 is 34.5 Å². The number of carbonyl (C=O) groups is 2. The molecule has 2 amide bonds. The molecule has 2 aromatic carbocycles. The zero-order valence-corrected chi connectivity index (χ0v) is 16.1. The third-order valence-electron chi connectivity index (χ3n) is 5.25. The maximum Gasteiger partial charge on any atom is 0.246 e. The van der Waals surface area contributed by atoms with E-state index < -0.39 is 0 Å². The number of hydrogen-bond donors (Lipinski definition) is 1. The summed E-state index contributed by atoms with van der Waals surface area (Å²) >= 11 is 0. The summed E-state index contributed by atoms with van der Waals surface area (Å²) in [5, 5.41) is 3.97. The van der Waals surface area contributed by atoms with E-state index in [0.717, 1.165) is 16.5 Å². The number of piperidine rings is 1. The Morgan fingerprint density at radius 3 is 2.52 bits per heavy atom. The lowest BCUT2D eigenvalue weighted by Crippen LogP contribution is -2.40. The van der Waals surface area contributed by atoms with Crippen molar-refractivity contribution in [1.82, 2.24) is 9.88 Å². The number of hydrogen-bond acceptors (Lipinski definition) is 3. The molecule has 0 aliphatic carbocycles. The second-order valence-electron chi connectivity index (χ2n) is 7.25. The Hall–Kier alpha value is -3.47. The Bertz CT molecular complexity index is 1040. The number of nitrogens with zero attached hydrogens (tertiary/aromatic N) is 2. The molecule has 5 heteroatoms. The van der Waals surface area contributed by atoms with Gasteiger partial charge in [-0.3, -0.25) is 14.6 Å². The van der Waals surface area contributed by atoms with Crippen molar-refractivity contribution in [2.24, 2.45) is 5.92 Å². The fraction of sp³-hybridized carbons (Fsp3) is 0.208. The van der Waals surface area contributed by atoms with Crippen LogP contribution in [0, 0.1) is 5.92 Å². The monoisotopic (exact) mass is 385 g/mol. The van der Waals surface area contributed by atoms with Crippen LogP contribution >= 0.6 is 0 Å². The lowest BCUT2D eigenvalue weighted by atomic mass is 9.95. The molecule has 146 valence electrons. The molecule has 0 radical (unpaired) electrons. The summed E-state index contributed by atoms with van der Waals surface area (Å²) in [4.78, 5) is 31.2. The summed E-state index contributed by atoms with van der Waals surface area (Å²) in [5.41, 5.74) is 2.61. The minimum Gasteiger partial charge on any atom is -0.339 e. The predicted octanol–water partition coefficient (Wildman–Crippen LogP) is 4.13. The normalized spacial score (nSPS) is 15.0. The number of fused-ring (bicyclic) bond motifs is 1. The zero-order valence-electron chi connectivity index (χ0n) is 16.1. The summed E-state index contributed by atoms with van der Waals surface area (Å²) in [6.07, 6.45) is 6.45. The highest BCUT2D eigenvalue weighted by atomic mass is 16.2. The Morgan fingerprint density at radius 2 is 1.72 bits per heavy atom. The van der Waals surface area contributed by atoms with Gasteiger partial charge >= 0.3 is 0 Å². The first kappa shape index (κ1) is 18.9. The van der Waals surface area contributed by atoms with Gasteiger partial charge in [0.05, 0.1) is 17.4 Å². The van der Waals surface area contributed by atoms with E-state index in [-0.39, 0.29) is 17.7 Å². The van der Waals surface area contributed by atoms with Gasteiger partial charge in [-0.1, -0.05) is 48.5 Å². The quantitative estimate of drug-likeness (QED) is 0.687. The number of pyridine rings is 1. The fourth-order valence-corrected chi connectivity index (χ4v) is 3.58. The molecule has 0 spiro atoms. The molecule has 3 aromatic rings. The van der Waals surface area contributed by atoms with Gasteiger partial charge in [0, 0.05) is 30.5 Å². The Morgan fingerprint density at radius 1 is 1.00 bits per heavy atom. The van der Waals surface area contributed by atoms with Gasteiger partial charge in [-0.25, -0.2) is 0 Å². The Balaban J connectivity index is 1.31. The van der Waals surface area contributed by atoms with Crippen molar-refractivity contribution in [2.75, 3.05) is 18.4 Å². The van der Waals surface area contributed by atoms with Crippen LogP contribution in [0.1, 0.15) is 18.4 Å². The standard InChI is InChI=1S/C24H23N3O2/c28-23(11-10-18-6-2-1-3-7-18)27-14-12-19(13-15-27)24(29)26-21-16-20-8-4-5-9-22(20)25-17-21/h1-11,16-17,19H,12-15H2,(H,26,29)/b11-10+. The predicted molar refractivity (Wildman–Crippen MR) is 115 cm³/mol. The van der Waals surface area contributed by atoms with Crippen LogP contribution in [0.3, 0.4) is 0 Å². The molecule has 0 atom stereocenters. The van der Waals surface area contributed by atoms with E-state index in [2.05, 4.69) is 10.3 Å². The van der Waals surface area contributed by atoms with Crippen molar-refractivity contribution in [2.45, 2.75) is 12.8 Å². The van der Waals surface area contributed by atoms with Crippen LogP contribution in [-0.4, -0.2) is 34.8 Å². The van der Waals surface area contributed by atoms with E-state index in [1.807, 2.05) is 66.7 Å². The Kier molecular flexibility index (Phi) is 5.66. The molecule has 2 heterocycles. The number of likely N-dealkylation sites (tertiary alicyclic amines) is 1. The highest BCUT2D eigenvalue weighted by Gasteiger charge is 2.26. The third-order valence-corrected chi connectivity index (χ3v) is 5.25. The molecule has 0 unspecified atom stereocenters. The summed E-state index contributed by atoms with van der Waals surface area (Å²) < 4.78 is 0. The smallest absolute Gasteiger partial charge is 0.246 e. The lowest BCUT2D eigenvalue weighted by molar-refractivity contribution is -0.130. The third kappa shape index (κ3) is 4.69. The fourth-order valence-electron chi connectivity index (χ4n) is 3.58. The maximum atomic E-state index is 12.6. The van der Waals surface area contributed by atoms with Gasteiger partial charge in [0.2, 0.25) is 11.8 Å². The van der Waals surface area contributed by atoms with E-state index in [9.17, 15) is 9.59 Å². The second-order valence-corrected chi connectivity index (χ2v) is 7.25. The van der Waals surface area contributed by atoms with Crippen molar-refractivity contribution in [3.63, 3.8) is 0 Å². The van der Waals surface area contributed by atoms with Gasteiger partial charge in [-0.05, 0) is 36.6 Å². The number of carbonyl (C=O) groups excluding carboxylic acids is 2. The van der Waals surface area contributed by atoms with E-state index in [1.54, 1.807) is 17.2 Å². The van der Waals surface area contributed by atoms with Crippen LogP contribution in [0.25, 0.3) is 17.0 Å². The number of benzene rings is 2. The van der Waals surface area contributed by atoms with Crippen LogP contribution < -0.4 is 5.32 Å². The number of para-hydroxylation sites is 1. The van der Waals surface area contributed by atoms with Gasteiger partial charge in [0.15, 0.2) is 0 Å². The first-order valence-corrected chi connectivity index (χ1v) is 9.87. The molecule has 0 saturated carbocycles. The second kappa shape index (κ2) is 8.69. The first-order chi connectivity index (χ1) is 14.2. The van der Waals surface area contributed by atoms with Crippen LogP contribution in [-0.2, 0) is 9.59 Å². The Labute approximate surface area is 170 Å². The van der Waals surface area contributed by atoms with E-state index in [4.69, 9.17) is 0 Å². The number of amides is 2. The molecule has 29 heavy (non-hydrogen) atoms. The van der Waals surface area contributed by atoms with Crippen molar-refractivity contribution in [3.8, 4) is 0 Å². The maximum absolute atomic E-state index is 12.6. The highest BCUT2D eigenvalue weighted by molar-refractivity contribution is 5.95. The summed E-state index contributed by atoms with van der Waals surface area (Å²) in [5.74, 6) is -0.107. The van der Waals surface area contributed by atoms with Gasteiger partial charge in [0.1, 0.15) is 0 Å². The average Bonchev–Trinajstić information content (AvgIpc) is 2.78. The zero-order chi connectivity index (χ0) is 20.1. The molecule has 1 saturated heterocycles. The minimum atomic E-state index is -0.0939. The van der Waals surface area contributed by atoms with Gasteiger partial charge in [-0.2, -0.15) is 0 Å². The van der Waals surface area contributed by atoms with E-state index in [0.29, 0.717) is 31.6 Å². The largest absolute Gasteiger partial charge is 0.339 e. The molecule has 4 rings (SSSR count). The summed E-state index contributed by atoms with van der Waals surface area (Å²) in [6, 6.07) is 19.5. The first-order valence-electron chi connectivity index (χ1n) is 9.87. The molecule has 5 nitrogen and oxygen atoms in total. The molecular weight excluding hydrogens is 362 g/mol. The van der Waals surface area contributed by atoms with E-state index in [1.165, 1.54) is 0 Å².